The summed E-state index contributed by atoms with van der Waals surface area (Å²) in [6, 6.07) is 54.8. The molecule has 0 radical (unpaired) electrons. The van der Waals surface area contributed by atoms with E-state index >= 15 is 0 Å². The van der Waals surface area contributed by atoms with E-state index in [-0.39, 0.29) is 6.17 Å². The standard InChI is InChI=1S/C47H36N2O/c1-2-3-10-27-49-46(48)36-17-12-16-34(29-36)32-14-11-15-33(28-32)35-24-26-44-42(30-35)47(41-21-8-9-22-43(41)50-44)40-20-7-6-19-38(40)39-25-23-31-13-4-5-18-37(31)45(39)47/h2-30,46,49H,48H2,1H3/b3-2-,27-10-. The molecular formula is C47H36N2O. The number of allylic oxidation sites excluding steroid dienone is 3. The first-order valence-corrected chi connectivity index (χ1v) is 17.2. The first kappa shape index (κ1) is 29.9. The molecule has 3 heteroatoms. The summed E-state index contributed by atoms with van der Waals surface area (Å²) in [6.07, 6.45) is 7.48. The second-order valence-corrected chi connectivity index (χ2v) is 13.0. The summed E-state index contributed by atoms with van der Waals surface area (Å²) >= 11 is 0. The van der Waals surface area contributed by atoms with Crippen molar-refractivity contribution < 1.29 is 4.74 Å². The molecule has 0 saturated heterocycles. The number of nitrogens with one attached hydrogen (secondary N) is 1. The minimum absolute atomic E-state index is 0.312. The highest BCUT2D eigenvalue weighted by atomic mass is 16.5. The molecule has 1 aliphatic heterocycles. The Morgan fingerprint density at radius 3 is 2.14 bits per heavy atom. The second-order valence-electron chi connectivity index (χ2n) is 13.0. The van der Waals surface area contributed by atoms with Crippen LogP contribution in [0.15, 0.2) is 176 Å². The topological polar surface area (TPSA) is 47.3 Å². The number of fused-ring (bicyclic) bond motifs is 11. The summed E-state index contributed by atoms with van der Waals surface area (Å²) in [5.41, 5.74) is 19.0. The van der Waals surface area contributed by atoms with Crippen molar-refractivity contribution in [2.45, 2.75) is 18.5 Å². The number of rotatable bonds is 6. The van der Waals surface area contributed by atoms with Crippen LogP contribution in [0.2, 0.25) is 0 Å². The van der Waals surface area contributed by atoms with E-state index in [1.165, 1.54) is 38.6 Å². The average Bonchev–Trinajstić information content (AvgIpc) is 3.48. The van der Waals surface area contributed by atoms with Crippen molar-refractivity contribution in [3.8, 4) is 44.9 Å². The first-order chi connectivity index (χ1) is 24.7. The Morgan fingerprint density at radius 2 is 1.28 bits per heavy atom. The molecule has 240 valence electrons. The van der Waals surface area contributed by atoms with Crippen molar-refractivity contribution in [1.82, 2.24) is 5.32 Å². The number of ether oxygens (including phenoxy) is 1. The van der Waals surface area contributed by atoms with Crippen LogP contribution in [0.4, 0.5) is 0 Å². The van der Waals surface area contributed by atoms with Gasteiger partial charge in [0.15, 0.2) is 0 Å². The molecule has 0 aromatic heterocycles. The van der Waals surface area contributed by atoms with Crippen LogP contribution in [-0.4, -0.2) is 0 Å². The Hall–Kier alpha value is -6.16. The Morgan fingerprint density at radius 1 is 0.580 bits per heavy atom. The summed E-state index contributed by atoms with van der Waals surface area (Å²) in [7, 11) is 0. The smallest absolute Gasteiger partial charge is 0.132 e. The average molecular weight is 645 g/mol. The quantitative estimate of drug-likeness (QED) is 0.140. The van der Waals surface area contributed by atoms with Crippen LogP contribution in [-0.2, 0) is 5.41 Å². The fourth-order valence-electron chi connectivity index (χ4n) is 8.07. The third-order valence-corrected chi connectivity index (χ3v) is 10.3. The van der Waals surface area contributed by atoms with Gasteiger partial charge < -0.3 is 15.8 Å². The van der Waals surface area contributed by atoms with Gasteiger partial charge in [0.05, 0.1) is 5.41 Å². The lowest BCUT2D eigenvalue weighted by Gasteiger charge is -2.40. The molecule has 9 rings (SSSR count). The zero-order chi connectivity index (χ0) is 33.7. The third-order valence-electron chi connectivity index (χ3n) is 10.3. The molecule has 2 atom stereocenters. The zero-order valence-corrected chi connectivity index (χ0v) is 27.8. The second kappa shape index (κ2) is 12.1. The normalized spacial score (nSPS) is 16.2. The van der Waals surface area contributed by atoms with Crippen LogP contribution in [0.5, 0.6) is 11.5 Å². The fraction of sp³-hybridized carbons (Fsp3) is 0.0638. The maximum atomic E-state index is 6.74. The molecular weight excluding hydrogens is 609 g/mol. The lowest BCUT2D eigenvalue weighted by atomic mass is 9.65. The van der Waals surface area contributed by atoms with Crippen LogP contribution in [0.1, 0.15) is 40.9 Å². The van der Waals surface area contributed by atoms with Crippen molar-refractivity contribution in [3.63, 3.8) is 0 Å². The number of hydrogen-bond acceptors (Lipinski definition) is 3. The molecule has 1 spiro atoms. The lowest BCUT2D eigenvalue weighted by molar-refractivity contribution is 0.437. The highest BCUT2D eigenvalue weighted by Crippen LogP contribution is 2.63. The third kappa shape index (κ3) is 4.62. The van der Waals surface area contributed by atoms with Crippen LogP contribution in [0.25, 0.3) is 44.2 Å². The molecule has 1 aliphatic carbocycles. The summed E-state index contributed by atoms with van der Waals surface area (Å²) in [4.78, 5) is 0. The first-order valence-electron chi connectivity index (χ1n) is 17.2. The number of benzene rings is 7. The van der Waals surface area contributed by atoms with Gasteiger partial charge in [-0.25, -0.2) is 0 Å². The number of nitrogens with two attached hydrogens (primary N) is 1. The number of para-hydroxylation sites is 1. The van der Waals surface area contributed by atoms with Crippen LogP contribution in [0.3, 0.4) is 0 Å². The van der Waals surface area contributed by atoms with Gasteiger partial charge in [-0.3, -0.25) is 0 Å². The van der Waals surface area contributed by atoms with Gasteiger partial charge in [0.25, 0.3) is 0 Å². The molecule has 7 aromatic carbocycles. The maximum Gasteiger partial charge on any atom is 0.132 e. The molecule has 50 heavy (non-hydrogen) atoms. The van der Waals surface area contributed by atoms with Crippen molar-refractivity contribution in [2.75, 3.05) is 0 Å². The van der Waals surface area contributed by atoms with Gasteiger partial charge in [-0.15, -0.1) is 0 Å². The van der Waals surface area contributed by atoms with Gasteiger partial charge in [-0.1, -0.05) is 133 Å². The van der Waals surface area contributed by atoms with E-state index in [2.05, 4.69) is 157 Å². The molecule has 0 saturated carbocycles. The summed E-state index contributed by atoms with van der Waals surface area (Å²) < 4.78 is 6.74. The highest BCUT2D eigenvalue weighted by molar-refractivity contribution is 6.01. The lowest BCUT2D eigenvalue weighted by Crippen LogP contribution is -2.32. The Bertz CT molecular complexity index is 2490. The van der Waals surface area contributed by atoms with Crippen LogP contribution in [0, 0.1) is 0 Å². The van der Waals surface area contributed by atoms with Gasteiger partial charge in [-0.2, -0.15) is 0 Å². The van der Waals surface area contributed by atoms with E-state index in [1.807, 2.05) is 31.4 Å². The van der Waals surface area contributed by atoms with Gasteiger partial charge in [0.1, 0.15) is 17.7 Å². The van der Waals surface area contributed by atoms with E-state index in [0.717, 1.165) is 44.9 Å². The van der Waals surface area contributed by atoms with E-state index < -0.39 is 5.41 Å². The van der Waals surface area contributed by atoms with Crippen LogP contribution < -0.4 is 15.8 Å². The summed E-state index contributed by atoms with van der Waals surface area (Å²) in [6.45, 7) is 1.99. The molecule has 1 heterocycles. The van der Waals surface area contributed by atoms with Crippen molar-refractivity contribution in [1.29, 1.82) is 0 Å². The molecule has 7 aromatic rings. The van der Waals surface area contributed by atoms with Crippen molar-refractivity contribution >= 4 is 10.8 Å². The van der Waals surface area contributed by atoms with E-state index in [0.29, 0.717) is 0 Å². The largest absolute Gasteiger partial charge is 0.457 e. The molecule has 0 bridgehead atoms. The molecule has 3 N–H and O–H groups in total. The zero-order valence-electron chi connectivity index (χ0n) is 27.8. The van der Waals surface area contributed by atoms with Gasteiger partial charge in [-0.05, 0) is 110 Å². The summed E-state index contributed by atoms with van der Waals surface area (Å²) in [5.74, 6) is 1.78. The highest BCUT2D eigenvalue weighted by Gasteiger charge is 2.51. The van der Waals surface area contributed by atoms with E-state index in [1.54, 1.807) is 0 Å². The van der Waals surface area contributed by atoms with Gasteiger partial charge in [0, 0.05) is 11.1 Å². The van der Waals surface area contributed by atoms with E-state index in [4.69, 9.17) is 10.5 Å². The maximum absolute atomic E-state index is 6.74. The summed E-state index contributed by atoms with van der Waals surface area (Å²) in [5, 5.41) is 5.77. The van der Waals surface area contributed by atoms with E-state index in [9.17, 15) is 0 Å². The Labute approximate surface area is 293 Å². The molecule has 2 aliphatic rings. The predicted molar refractivity (Wildman–Crippen MR) is 206 cm³/mol. The Balaban J connectivity index is 1.21. The fourth-order valence-corrected chi connectivity index (χ4v) is 8.07. The minimum atomic E-state index is -0.552. The van der Waals surface area contributed by atoms with Gasteiger partial charge in [0.2, 0.25) is 0 Å². The predicted octanol–water partition coefficient (Wildman–Crippen LogP) is 11.3. The van der Waals surface area contributed by atoms with Crippen molar-refractivity contribution in [3.05, 3.63) is 204 Å². The molecule has 0 fully saturated rings. The van der Waals surface area contributed by atoms with Gasteiger partial charge >= 0.3 is 0 Å². The van der Waals surface area contributed by atoms with Crippen LogP contribution >= 0.6 is 0 Å². The molecule has 3 nitrogen and oxygen atoms in total. The van der Waals surface area contributed by atoms with Crippen molar-refractivity contribution in [2.24, 2.45) is 5.73 Å². The Kier molecular flexibility index (Phi) is 7.22. The minimum Gasteiger partial charge on any atom is -0.457 e. The monoisotopic (exact) mass is 644 g/mol. The number of hydrogen-bond donors (Lipinski definition) is 2. The molecule has 0 amide bonds. The molecule has 2 unspecified atom stereocenters. The SMILES string of the molecule is C/C=C\C=C/NC(N)c1cccc(-c2cccc(-c3ccc4c(c3)C3(c5ccccc5O4)c4ccccc4-c4ccc5ccccc5c43)c2)c1.